The van der Waals surface area contributed by atoms with Crippen molar-refractivity contribution in [2.45, 2.75) is 69.1 Å². The molecule has 0 aliphatic carbocycles. The number of aliphatic imine (C=N–C) groups is 1. The Hall–Kier alpha value is -3.50. The Bertz CT molecular complexity index is 775. The lowest BCUT2D eigenvalue weighted by atomic mass is 10.0. The molecule has 0 aliphatic heterocycles. The molecule has 0 saturated carbocycles. The average molecular weight is 518 g/mol. The number of guanidine groups is 1. The van der Waals surface area contributed by atoms with Crippen LogP contribution >= 0.6 is 0 Å². The summed E-state index contributed by atoms with van der Waals surface area (Å²) < 4.78 is 0. The van der Waals surface area contributed by atoms with Crippen LogP contribution in [-0.2, 0) is 24.0 Å². The molecule has 0 radical (unpaired) electrons. The minimum absolute atomic E-state index is 0.0215. The van der Waals surface area contributed by atoms with Crippen molar-refractivity contribution in [1.29, 1.82) is 0 Å². The summed E-state index contributed by atoms with van der Waals surface area (Å²) in [6.45, 7) is -0.375. The molecule has 36 heavy (non-hydrogen) atoms. The molecule has 16 nitrogen and oxygen atoms in total. The minimum Gasteiger partial charge on any atom is -0.480 e. The molecule has 15 N–H and O–H groups in total. The first-order chi connectivity index (χ1) is 16.9. The van der Waals surface area contributed by atoms with Crippen molar-refractivity contribution in [1.82, 2.24) is 16.0 Å². The van der Waals surface area contributed by atoms with E-state index in [1.54, 1.807) is 0 Å². The van der Waals surface area contributed by atoms with E-state index in [1.807, 2.05) is 0 Å². The van der Waals surface area contributed by atoms with Crippen LogP contribution in [0.15, 0.2) is 4.99 Å². The summed E-state index contributed by atoms with van der Waals surface area (Å²) in [7, 11) is 0. The zero-order valence-electron chi connectivity index (χ0n) is 20.2. The number of nitrogens with two attached hydrogens (primary N) is 5. The highest BCUT2D eigenvalue weighted by atomic mass is 16.4. The van der Waals surface area contributed by atoms with Gasteiger partial charge in [-0.3, -0.25) is 24.2 Å². The van der Waals surface area contributed by atoms with Gasteiger partial charge in [0.25, 0.3) is 0 Å². The number of carboxylic acids is 1. The lowest BCUT2D eigenvalue weighted by Gasteiger charge is -2.25. The molecule has 0 aromatic carbocycles. The van der Waals surface area contributed by atoms with E-state index in [4.69, 9.17) is 33.8 Å². The Balaban J connectivity index is 5.52. The lowest BCUT2D eigenvalue weighted by molar-refractivity contribution is -0.143. The Kier molecular flexibility index (Phi) is 16.1. The first-order valence-electron chi connectivity index (χ1n) is 11.5. The van der Waals surface area contributed by atoms with Crippen molar-refractivity contribution < 1.29 is 34.2 Å². The van der Waals surface area contributed by atoms with Crippen LogP contribution in [0, 0.1) is 0 Å². The van der Waals surface area contributed by atoms with Gasteiger partial charge in [-0.25, -0.2) is 4.79 Å². The highest BCUT2D eigenvalue weighted by Gasteiger charge is 2.29. The van der Waals surface area contributed by atoms with Gasteiger partial charge in [0.05, 0.1) is 12.6 Å². The number of unbranched alkanes of at least 4 members (excludes halogenated alkanes) is 1. The van der Waals surface area contributed by atoms with Gasteiger partial charge in [0.1, 0.15) is 18.1 Å². The fraction of sp³-hybridized carbons (Fsp3) is 0.700. The fourth-order valence-corrected chi connectivity index (χ4v) is 2.97. The third-order valence-corrected chi connectivity index (χ3v) is 4.99. The van der Waals surface area contributed by atoms with Gasteiger partial charge in [-0.05, 0) is 45.1 Å². The number of nitrogens with one attached hydrogen (secondary N) is 3. The monoisotopic (exact) mass is 517 g/mol. The summed E-state index contributed by atoms with van der Waals surface area (Å²) in [4.78, 5) is 64.1. The van der Waals surface area contributed by atoms with Crippen LogP contribution < -0.4 is 44.6 Å². The van der Waals surface area contributed by atoms with E-state index in [9.17, 15) is 29.1 Å². The standard InChI is InChI=1S/C20H39N9O7/c21-8-2-1-4-12(27-16(32)11(22)6-7-15(23)31)17(33)28-13(5-3-9-26-20(24)25)18(34)29-14(10-30)19(35)36/h11-14,30H,1-10,21-22H2,(H2,23,31)(H,27,32)(H,28,33)(H,29,34)(H,35,36)(H4,24,25,26). The Morgan fingerprint density at radius 1 is 0.778 bits per heavy atom. The van der Waals surface area contributed by atoms with Crippen LogP contribution in [0.2, 0.25) is 0 Å². The molecule has 0 saturated heterocycles. The summed E-state index contributed by atoms with van der Waals surface area (Å²) in [5.41, 5.74) is 26.9. The molecule has 16 heteroatoms. The number of amides is 4. The third kappa shape index (κ3) is 14.0. The SMILES string of the molecule is NCCCCC(NC(=O)C(N)CCC(N)=O)C(=O)NC(CCCN=C(N)N)C(=O)NC(CO)C(=O)O. The first-order valence-corrected chi connectivity index (χ1v) is 11.5. The number of carboxylic acid groups (broad SMARTS) is 1. The molecule has 0 aliphatic rings. The van der Waals surface area contributed by atoms with Gasteiger partial charge in [-0.2, -0.15) is 0 Å². The first kappa shape index (κ1) is 32.5. The van der Waals surface area contributed by atoms with E-state index in [-0.39, 0.29) is 44.6 Å². The smallest absolute Gasteiger partial charge is 0.328 e. The second-order valence-electron chi connectivity index (χ2n) is 8.05. The minimum atomic E-state index is -1.59. The number of aliphatic hydroxyl groups is 1. The van der Waals surface area contributed by atoms with E-state index in [0.717, 1.165) is 0 Å². The van der Waals surface area contributed by atoms with Crippen LogP contribution in [0.1, 0.15) is 44.9 Å². The molecular weight excluding hydrogens is 478 g/mol. The molecule has 0 aromatic rings. The molecule has 206 valence electrons. The molecule has 0 fully saturated rings. The number of primary amides is 1. The number of hydrogen-bond donors (Lipinski definition) is 10. The van der Waals surface area contributed by atoms with Crippen LogP contribution in [0.4, 0.5) is 0 Å². The number of aliphatic carboxylic acids is 1. The van der Waals surface area contributed by atoms with E-state index in [1.165, 1.54) is 0 Å². The van der Waals surface area contributed by atoms with Crippen molar-refractivity contribution in [3.63, 3.8) is 0 Å². The molecule has 0 heterocycles. The summed E-state index contributed by atoms with van der Waals surface area (Å²) >= 11 is 0. The lowest BCUT2D eigenvalue weighted by Crippen LogP contribution is -2.57. The largest absolute Gasteiger partial charge is 0.480 e. The summed E-state index contributed by atoms with van der Waals surface area (Å²) in [6.07, 6.45) is 1.33. The zero-order chi connectivity index (χ0) is 27.7. The second kappa shape index (κ2) is 17.9. The molecule has 0 rings (SSSR count). The van der Waals surface area contributed by atoms with Gasteiger partial charge in [0, 0.05) is 13.0 Å². The number of carbonyl (C=O) groups is 5. The fourth-order valence-electron chi connectivity index (χ4n) is 2.97. The van der Waals surface area contributed by atoms with E-state index < -0.39 is 60.4 Å². The maximum atomic E-state index is 13.0. The van der Waals surface area contributed by atoms with Crippen molar-refractivity contribution in [2.75, 3.05) is 19.7 Å². The Labute approximate surface area is 208 Å². The molecule has 4 unspecified atom stereocenters. The maximum Gasteiger partial charge on any atom is 0.328 e. The number of nitrogens with zero attached hydrogens (tertiary/aromatic N) is 1. The van der Waals surface area contributed by atoms with Crippen molar-refractivity contribution in [3.05, 3.63) is 0 Å². The molecular formula is C20H39N9O7. The van der Waals surface area contributed by atoms with E-state index in [2.05, 4.69) is 20.9 Å². The van der Waals surface area contributed by atoms with Crippen molar-refractivity contribution in [3.8, 4) is 0 Å². The zero-order valence-corrected chi connectivity index (χ0v) is 20.2. The Morgan fingerprint density at radius 3 is 1.78 bits per heavy atom. The second-order valence-corrected chi connectivity index (χ2v) is 8.05. The quantitative estimate of drug-likeness (QED) is 0.0440. The number of rotatable bonds is 19. The van der Waals surface area contributed by atoms with Gasteiger partial charge in [0.15, 0.2) is 5.96 Å². The number of aliphatic hydroxyl groups excluding tert-OH is 1. The number of carbonyl (C=O) groups excluding carboxylic acids is 4. The third-order valence-electron chi connectivity index (χ3n) is 4.99. The number of hydrogen-bond acceptors (Lipinski definition) is 9. The van der Waals surface area contributed by atoms with Crippen LogP contribution in [0.3, 0.4) is 0 Å². The van der Waals surface area contributed by atoms with Gasteiger partial charge >= 0.3 is 5.97 Å². The predicted octanol–water partition coefficient (Wildman–Crippen LogP) is -4.71. The topological polar surface area (TPSA) is 304 Å². The molecule has 0 spiro atoms. The molecule has 0 aromatic heterocycles. The predicted molar refractivity (Wildman–Crippen MR) is 130 cm³/mol. The van der Waals surface area contributed by atoms with Gasteiger partial charge in [-0.15, -0.1) is 0 Å². The summed E-state index contributed by atoms with van der Waals surface area (Å²) in [5.74, 6) is -4.54. The van der Waals surface area contributed by atoms with E-state index >= 15 is 0 Å². The van der Waals surface area contributed by atoms with E-state index in [0.29, 0.717) is 19.4 Å². The Morgan fingerprint density at radius 2 is 1.31 bits per heavy atom. The molecule has 4 amide bonds. The normalized spacial score (nSPS) is 14.0. The summed E-state index contributed by atoms with van der Waals surface area (Å²) in [6, 6.07) is -5.00. The van der Waals surface area contributed by atoms with Gasteiger partial charge < -0.3 is 54.8 Å². The average Bonchev–Trinajstić information content (AvgIpc) is 2.81. The summed E-state index contributed by atoms with van der Waals surface area (Å²) in [5, 5.41) is 25.4. The molecule has 0 bridgehead atoms. The van der Waals surface area contributed by atoms with Crippen LogP contribution in [0.25, 0.3) is 0 Å². The van der Waals surface area contributed by atoms with Gasteiger partial charge in [-0.1, -0.05) is 0 Å². The van der Waals surface area contributed by atoms with Crippen LogP contribution in [0.5, 0.6) is 0 Å². The maximum absolute atomic E-state index is 13.0. The van der Waals surface area contributed by atoms with Crippen LogP contribution in [-0.4, -0.2) is 89.6 Å². The van der Waals surface area contributed by atoms with Crippen molar-refractivity contribution in [2.24, 2.45) is 33.7 Å². The van der Waals surface area contributed by atoms with Crippen molar-refractivity contribution >= 4 is 35.6 Å². The highest BCUT2D eigenvalue weighted by molar-refractivity contribution is 5.94. The highest BCUT2D eigenvalue weighted by Crippen LogP contribution is 2.06. The van der Waals surface area contributed by atoms with Gasteiger partial charge in [0.2, 0.25) is 23.6 Å². The molecule has 4 atom stereocenters.